The number of nitrogens with zero attached hydrogens (tertiary/aromatic N) is 12. The average Bonchev–Trinajstić information content (AvgIpc) is 0.782. The zero-order valence-electron chi connectivity index (χ0n) is 86.2. The molecule has 4 radical (unpaired) electrons. The summed E-state index contributed by atoms with van der Waals surface area (Å²) < 4.78 is 111. The van der Waals surface area contributed by atoms with E-state index in [1.165, 1.54) is 24.8 Å². The van der Waals surface area contributed by atoms with Crippen LogP contribution in [0.4, 0.5) is 0 Å². The Morgan fingerprint density at radius 3 is 0.773 bits per heavy atom. The van der Waals surface area contributed by atoms with Crippen LogP contribution in [0.2, 0.25) is 0 Å². The molecule has 0 saturated carbocycles. The van der Waals surface area contributed by atoms with Gasteiger partial charge in [0.05, 0.1) is 11.4 Å². The Morgan fingerprint density at radius 1 is 0.227 bits per heavy atom. The largest absolute Gasteiger partial charge is 0.304 e. The number of rotatable bonds is 14. The first-order chi connectivity index (χ1) is 68.9. The van der Waals surface area contributed by atoms with Gasteiger partial charge in [0.25, 0.3) is 0 Å². The zero-order valence-corrected chi connectivity index (χ0v) is 80.8. The van der Waals surface area contributed by atoms with Crippen molar-refractivity contribution in [3.05, 3.63) is 509 Å². The summed E-state index contributed by atoms with van der Waals surface area (Å²) in [5.41, 5.74) is 23.0. The first-order valence-corrected chi connectivity index (χ1v) is 40.6. The van der Waals surface area contributed by atoms with Gasteiger partial charge in [0.2, 0.25) is 0 Å². The number of hydrogen-bond acceptors (Lipinski definition) is 12. The van der Waals surface area contributed by atoms with Gasteiger partial charge in [-0.1, -0.05) is 129 Å². The SMILES string of the molecule is [2H]C(C)(C)C([2H])([2H])c1cccc(-c2ccc(-c3[c-]cccc3)nc2)n1.[2H]C([2H])([2H])c1ccc(-c2[c-]cccc2)nc1.[2H]C([2H])([2H])c1ccc(-c2[c-]cccc2)nc1.[2H]C([2H])([2H])c1ccc(-c2[c-]cccc2)nc1.[2H]C([2H])([2H])c1ccc(-c2[c-]cccc2)nc1.[Ir].[Ir].[Ir].[Ir].[c-]1ccccc1-c1ccc(-c2ccccn2)cn1.[c-]1ccccc1-c1ccc(-c2cccnc2)cn1.[c-]1ccccc1-c1ccc(-c2ccncc2)cn1. The molecule has 0 fully saturated rings. The smallest absolute Gasteiger partial charge is 0.0720 e. The van der Waals surface area contributed by atoms with E-state index in [1.807, 2.05) is 280 Å². The van der Waals surface area contributed by atoms with E-state index in [9.17, 15) is 0 Å². The second-order valence-corrected chi connectivity index (χ2v) is 27.9. The molecule has 12 nitrogen and oxygen atoms in total. The third kappa shape index (κ3) is 33.0. The number of pyridine rings is 12. The molecule has 0 saturated heterocycles. The van der Waals surface area contributed by atoms with E-state index >= 15 is 0 Å². The fourth-order valence-corrected chi connectivity index (χ4v) is 12.0. The molecular formula is C116H92Ir4N12-8. The van der Waals surface area contributed by atoms with Gasteiger partial charge >= 0.3 is 0 Å². The molecule has 660 valence electrons. The van der Waals surface area contributed by atoms with Crippen LogP contribution in [-0.4, -0.2) is 59.8 Å². The van der Waals surface area contributed by atoms with Gasteiger partial charge in [-0.05, 0) is 167 Å². The van der Waals surface area contributed by atoms with Crippen LogP contribution in [-0.2, 0) is 86.8 Å². The fourth-order valence-electron chi connectivity index (χ4n) is 12.0. The van der Waals surface area contributed by atoms with Crippen molar-refractivity contribution >= 4 is 0 Å². The second-order valence-electron chi connectivity index (χ2n) is 27.9. The predicted molar refractivity (Wildman–Crippen MR) is 518 cm³/mol. The van der Waals surface area contributed by atoms with Crippen molar-refractivity contribution in [3.63, 3.8) is 0 Å². The van der Waals surface area contributed by atoms with Crippen molar-refractivity contribution in [2.24, 2.45) is 5.89 Å². The summed E-state index contributed by atoms with van der Waals surface area (Å²) in [6, 6.07) is 134. The summed E-state index contributed by atoms with van der Waals surface area (Å²) in [7, 11) is 0. The van der Waals surface area contributed by atoms with Gasteiger partial charge in [-0.25, -0.2) is 0 Å². The first-order valence-electron chi connectivity index (χ1n) is 48.1. The van der Waals surface area contributed by atoms with Crippen LogP contribution < -0.4 is 0 Å². The van der Waals surface area contributed by atoms with Crippen LogP contribution in [0.3, 0.4) is 0 Å². The van der Waals surface area contributed by atoms with Crippen molar-refractivity contribution in [2.75, 3.05) is 0 Å². The van der Waals surface area contributed by atoms with Crippen LogP contribution in [0.15, 0.2) is 432 Å². The molecule has 0 amide bonds. The van der Waals surface area contributed by atoms with Gasteiger partial charge in [-0.2, -0.15) is 0 Å². The van der Waals surface area contributed by atoms with E-state index in [0.29, 0.717) is 5.69 Å². The Labute approximate surface area is 851 Å². The van der Waals surface area contributed by atoms with Gasteiger partial charge in [0.1, 0.15) is 0 Å². The quantitative estimate of drug-likeness (QED) is 0.0952. The predicted octanol–water partition coefficient (Wildman–Crippen LogP) is 27.1. The number of aromatic nitrogens is 12. The third-order valence-electron chi connectivity index (χ3n) is 18.4. The summed E-state index contributed by atoms with van der Waals surface area (Å²) in [6.07, 6.45) is 20.0. The molecule has 0 spiro atoms. The summed E-state index contributed by atoms with van der Waals surface area (Å²) in [5, 5.41) is 0. The maximum atomic E-state index is 8.22. The summed E-state index contributed by atoms with van der Waals surface area (Å²) in [4.78, 5) is 51.2. The van der Waals surface area contributed by atoms with Crippen LogP contribution in [0.5, 0.6) is 0 Å². The number of hydrogen-bond donors (Lipinski definition) is 0. The minimum Gasteiger partial charge on any atom is -0.304 e. The van der Waals surface area contributed by atoms with E-state index in [2.05, 4.69) is 120 Å². The van der Waals surface area contributed by atoms with Crippen LogP contribution in [0.25, 0.3) is 135 Å². The topological polar surface area (TPSA) is 155 Å². The van der Waals surface area contributed by atoms with Gasteiger partial charge < -0.3 is 39.9 Å². The van der Waals surface area contributed by atoms with E-state index in [-0.39, 0.29) is 108 Å². The van der Waals surface area contributed by atoms with Crippen LogP contribution in [0.1, 0.15) is 62.4 Å². The molecule has 0 aliphatic carbocycles. The average molecular weight is 2440 g/mol. The molecule has 0 atom stereocenters. The van der Waals surface area contributed by atoms with Crippen molar-refractivity contribution in [2.45, 2.75) is 47.6 Å². The number of aryl methyl sites for hydroxylation is 4. The molecule has 0 aliphatic heterocycles. The molecular weight excluding hydrogens is 2330 g/mol. The molecule has 20 aromatic rings. The summed E-state index contributed by atoms with van der Waals surface area (Å²) in [6.45, 7) is -5.27. The number of benzene rings is 8. The molecule has 0 aliphatic rings. The van der Waals surface area contributed by atoms with E-state index in [4.69, 9.17) is 20.6 Å². The molecule has 16 heteroatoms. The Balaban J connectivity index is 0.000000187. The molecule has 0 bridgehead atoms. The first kappa shape index (κ1) is 81.4. The van der Waals surface area contributed by atoms with Crippen molar-refractivity contribution in [3.8, 4) is 135 Å². The van der Waals surface area contributed by atoms with E-state index in [0.717, 1.165) is 129 Å². The third-order valence-corrected chi connectivity index (χ3v) is 18.4. The molecule has 132 heavy (non-hydrogen) atoms. The Bertz CT molecular complexity index is 6360. The van der Waals surface area contributed by atoms with Gasteiger partial charge in [0.15, 0.2) is 0 Å². The summed E-state index contributed by atoms with van der Waals surface area (Å²) >= 11 is 0. The standard InChI is InChI=1S/C20H19N2.3C16H11N2.4C12H10N.4Ir/c1-15(2)13-18-9-6-10-20(22-18)17-11-12-19(21-14-17)16-7-4-3-5-8-16;1-2-6-13(7-3-1)16-10-9-14(12-18-16)15-8-4-5-11-17-15;1-2-5-13(6-3-1)16-9-8-15(12-18-16)14-7-4-10-17-11-14;1-2-4-14(5-3-1)16-7-6-15(12-18-16)13-8-10-17-11-9-13;4*1-10-7-8-12(13-9-10)11-5-3-2-4-6-11;;;;/h3-7,9-12,14-15H,13H2,1-2H3;1-6,8-12H;1-5,7-12H;1-4,6-12H;4*2-5,7-9H,1H3;;;;/q8*-1;;;;/i13D2,15D;;;;4*1D3;;;;. The van der Waals surface area contributed by atoms with Crippen LogP contribution in [0, 0.1) is 81.8 Å². The van der Waals surface area contributed by atoms with Gasteiger partial charge in [0, 0.05) is 204 Å². The van der Waals surface area contributed by atoms with E-state index in [1.54, 1.807) is 130 Å². The minimum absolute atomic E-state index is 0. The Morgan fingerprint density at radius 2 is 0.515 bits per heavy atom. The molecule has 0 unspecified atom stereocenters. The molecule has 20 rings (SSSR count). The van der Waals surface area contributed by atoms with Gasteiger partial charge in [-0.15, -0.1) is 287 Å². The monoisotopic (exact) mass is 2440 g/mol. The maximum absolute atomic E-state index is 8.22. The molecule has 0 N–H and O–H groups in total. The van der Waals surface area contributed by atoms with Crippen LogP contribution >= 0.6 is 0 Å². The van der Waals surface area contributed by atoms with E-state index < -0.39 is 39.7 Å². The van der Waals surface area contributed by atoms with Gasteiger partial charge in [-0.3, -0.25) is 19.9 Å². The fraction of sp³-hybridized carbons (Fsp3) is 0.0690. The summed E-state index contributed by atoms with van der Waals surface area (Å²) in [5.74, 6) is -1.29. The Kier molecular flexibility index (Phi) is 34.5. The van der Waals surface area contributed by atoms with Crippen molar-refractivity contribution in [1.82, 2.24) is 59.8 Å². The van der Waals surface area contributed by atoms with Crippen molar-refractivity contribution in [1.29, 1.82) is 0 Å². The Hall–Kier alpha value is -13.8. The molecule has 8 aromatic carbocycles. The molecule has 12 aromatic heterocycles. The van der Waals surface area contributed by atoms with Crippen molar-refractivity contribution < 1.29 is 101 Å². The molecule has 12 heterocycles. The zero-order chi connectivity index (χ0) is 101. The maximum Gasteiger partial charge on any atom is 0.0720 e. The minimum atomic E-state index is -2.09. The second kappa shape index (κ2) is 55.9. The normalized spacial score (nSPS) is 12.2.